The lowest BCUT2D eigenvalue weighted by molar-refractivity contribution is -0.136. The number of piperidine rings is 1. The van der Waals surface area contributed by atoms with Crippen molar-refractivity contribution < 1.29 is 14.3 Å². The lowest BCUT2D eigenvalue weighted by Crippen LogP contribution is -2.41. The number of aromatic nitrogens is 4. The normalized spacial score (nSPS) is 15.8. The van der Waals surface area contributed by atoms with Gasteiger partial charge in [0.1, 0.15) is 12.7 Å². The summed E-state index contributed by atoms with van der Waals surface area (Å²) in [4.78, 5) is 23.6. The number of benzene rings is 1. The van der Waals surface area contributed by atoms with E-state index in [9.17, 15) is 4.79 Å². The number of hydrogen-bond donors (Lipinski definition) is 1. The first-order chi connectivity index (χ1) is 15.0. The molecule has 1 aliphatic rings. The van der Waals surface area contributed by atoms with Crippen LogP contribution in [0, 0.1) is 5.92 Å². The van der Waals surface area contributed by atoms with Crippen molar-refractivity contribution in [1.82, 2.24) is 24.6 Å². The summed E-state index contributed by atoms with van der Waals surface area (Å²) in [6.07, 6.45) is 4.78. The van der Waals surface area contributed by atoms with Crippen LogP contribution in [-0.4, -0.2) is 57.9 Å². The van der Waals surface area contributed by atoms with E-state index in [1.165, 1.54) is 6.33 Å². The fourth-order valence-corrected chi connectivity index (χ4v) is 4.23. The molecule has 9 heteroatoms. The summed E-state index contributed by atoms with van der Waals surface area (Å²) < 4.78 is 12.5. The van der Waals surface area contributed by atoms with E-state index in [0.717, 1.165) is 29.4 Å². The summed E-state index contributed by atoms with van der Waals surface area (Å²) in [6.45, 7) is 3.84. The number of carbonyl (C=O) groups excluding carboxylic acids is 1. The van der Waals surface area contributed by atoms with Crippen molar-refractivity contribution in [2.24, 2.45) is 5.92 Å². The molecule has 1 amide bonds. The Labute approximate surface area is 181 Å². The summed E-state index contributed by atoms with van der Waals surface area (Å²) in [5.74, 6) is 1.50. The van der Waals surface area contributed by atoms with Crippen molar-refractivity contribution >= 4 is 22.5 Å². The smallest absolute Gasteiger partial charge is 0.227 e. The fraction of sp³-hybridized carbons (Fsp3) is 0.455. The van der Waals surface area contributed by atoms with Gasteiger partial charge in [0.05, 0.1) is 43.6 Å². The van der Waals surface area contributed by atoms with Gasteiger partial charge >= 0.3 is 0 Å². The van der Waals surface area contributed by atoms with Crippen LogP contribution in [0.3, 0.4) is 0 Å². The van der Waals surface area contributed by atoms with Gasteiger partial charge in [-0.05, 0) is 25.0 Å². The topological polar surface area (TPSA) is 108 Å². The molecule has 3 aromatic rings. The lowest BCUT2D eigenvalue weighted by atomic mass is 9.91. The number of amides is 1. The number of methoxy groups -OCH3 is 2. The molecule has 164 valence electrons. The third kappa shape index (κ3) is 4.26. The quantitative estimate of drug-likeness (QED) is 0.647. The van der Waals surface area contributed by atoms with Gasteiger partial charge in [0.25, 0.3) is 0 Å². The van der Waals surface area contributed by atoms with Gasteiger partial charge in [-0.2, -0.15) is 5.10 Å². The number of nitrogens with zero attached hydrogens (tertiary/aromatic N) is 5. The second-order valence-electron chi connectivity index (χ2n) is 7.98. The molecular weight excluding hydrogens is 396 g/mol. The highest BCUT2D eigenvalue weighted by Crippen LogP contribution is 2.36. The Morgan fingerprint density at radius 3 is 2.55 bits per heavy atom. The summed E-state index contributed by atoms with van der Waals surface area (Å²) in [7, 11) is 3.22. The van der Waals surface area contributed by atoms with Gasteiger partial charge < -0.3 is 20.1 Å². The molecule has 1 aromatic carbocycles. The Balaban J connectivity index is 1.46. The van der Waals surface area contributed by atoms with Crippen LogP contribution in [0.5, 0.6) is 11.5 Å². The van der Waals surface area contributed by atoms with Crippen molar-refractivity contribution in [3.05, 3.63) is 36.5 Å². The van der Waals surface area contributed by atoms with E-state index in [1.54, 1.807) is 25.2 Å². The van der Waals surface area contributed by atoms with Crippen molar-refractivity contribution in [3.8, 4) is 11.5 Å². The second kappa shape index (κ2) is 8.79. The maximum atomic E-state index is 12.8. The molecule has 1 aliphatic heterocycles. The van der Waals surface area contributed by atoms with Crippen molar-refractivity contribution in [1.29, 1.82) is 0 Å². The zero-order valence-corrected chi connectivity index (χ0v) is 18.1. The van der Waals surface area contributed by atoms with Gasteiger partial charge in [-0.3, -0.25) is 14.5 Å². The molecule has 2 aromatic heterocycles. The van der Waals surface area contributed by atoms with Crippen LogP contribution in [-0.2, 0) is 11.3 Å². The number of carbonyl (C=O) groups is 1. The maximum absolute atomic E-state index is 12.8. The minimum atomic E-state index is -0.149. The number of nitrogen functional groups attached to an aromatic ring is 1. The standard InChI is InChI=1S/C22H28N6O3/c1-14(11-28-13-24-12-25-28)22(29)27-6-4-15(5-7-27)21-17(23)8-16-9-19(30-2)20(31-3)10-18(16)26-21/h8-10,12-15H,4-7,11,23H2,1-3H3. The number of pyridine rings is 1. The molecule has 1 fully saturated rings. The fourth-order valence-electron chi connectivity index (χ4n) is 4.23. The van der Waals surface area contributed by atoms with Gasteiger partial charge in [0, 0.05) is 30.5 Å². The average molecular weight is 425 g/mol. The summed E-state index contributed by atoms with van der Waals surface area (Å²) >= 11 is 0. The number of rotatable bonds is 6. The van der Waals surface area contributed by atoms with Crippen LogP contribution < -0.4 is 15.2 Å². The number of nitrogens with two attached hydrogens (primary N) is 1. The van der Waals surface area contributed by atoms with Gasteiger partial charge in [0.15, 0.2) is 11.5 Å². The van der Waals surface area contributed by atoms with Crippen molar-refractivity contribution in [2.45, 2.75) is 32.2 Å². The summed E-state index contributed by atoms with van der Waals surface area (Å²) in [5, 5.41) is 5.00. The highest BCUT2D eigenvalue weighted by molar-refractivity contribution is 5.86. The molecule has 0 saturated carbocycles. The molecule has 4 rings (SSSR count). The number of fused-ring (bicyclic) bond motifs is 1. The maximum Gasteiger partial charge on any atom is 0.227 e. The molecule has 9 nitrogen and oxygen atoms in total. The molecule has 3 heterocycles. The first kappa shape index (κ1) is 20.9. The van der Waals surface area contributed by atoms with E-state index < -0.39 is 0 Å². The van der Waals surface area contributed by atoms with E-state index in [1.807, 2.05) is 30.0 Å². The summed E-state index contributed by atoms with van der Waals surface area (Å²) in [6, 6.07) is 5.71. The lowest BCUT2D eigenvalue weighted by Gasteiger charge is -2.33. The molecule has 31 heavy (non-hydrogen) atoms. The van der Waals surface area contributed by atoms with E-state index in [2.05, 4.69) is 10.1 Å². The third-order valence-corrected chi connectivity index (χ3v) is 5.92. The van der Waals surface area contributed by atoms with Crippen LogP contribution in [0.25, 0.3) is 10.9 Å². The Kier molecular flexibility index (Phi) is 5.92. The average Bonchev–Trinajstić information content (AvgIpc) is 3.30. The van der Waals surface area contributed by atoms with Gasteiger partial charge in [0.2, 0.25) is 5.91 Å². The third-order valence-electron chi connectivity index (χ3n) is 5.92. The van der Waals surface area contributed by atoms with E-state index in [-0.39, 0.29) is 17.7 Å². The van der Waals surface area contributed by atoms with Crippen molar-refractivity contribution in [3.63, 3.8) is 0 Å². The molecule has 1 atom stereocenters. The molecule has 0 aliphatic carbocycles. The first-order valence-electron chi connectivity index (χ1n) is 10.4. The number of anilines is 1. The van der Waals surface area contributed by atoms with E-state index in [0.29, 0.717) is 36.8 Å². The Morgan fingerprint density at radius 2 is 1.90 bits per heavy atom. The van der Waals surface area contributed by atoms with Crippen LogP contribution in [0.2, 0.25) is 0 Å². The Hall–Kier alpha value is -3.36. The molecule has 0 bridgehead atoms. The number of hydrogen-bond acceptors (Lipinski definition) is 7. The highest BCUT2D eigenvalue weighted by atomic mass is 16.5. The molecule has 0 radical (unpaired) electrons. The van der Waals surface area contributed by atoms with E-state index in [4.69, 9.17) is 20.2 Å². The zero-order chi connectivity index (χ0) is 22.0. The van der Waals surface area contributed by atoms with Crippen molar-refractivity contribution in [2.75, 3.05) is 33.0 Å². The molecule has 0 spiro atoms. The minimum Gasteiger partial charge on any atom is -0.493 e. The van der Waals surface area contributed by atoms with Crippen LogP contribution >= 0.6 is 0 Å². The SMILES string of the molecule is COc1cc2cc(N)c(C3CCN(C(=O)C(C)Cn4cncn4)CC3)nc2cc1OC. The molecular formula is C22H28N6O3. The predicted molar refractivity (Wildman–Crippen MR) is 117 cm³/mol. The summed E-state index contributed by atoms with van der Waals surface area (Å²) in [5.41, 5.74) is 8.75. The zero-order valence-electron chi connectivity index (χ0n) is 18.1. The van der Waals surface area contributed by atoms with E-state index >= 15 is 0 Å². The second-order valence-corrected chi connectivity index (χ2v) is 7.98. The monoisotopic (exact) mass is 424 g/mol. The molecule has 2 N–H and O–H groups in total. The Morgan fingerprint density at radius 1 is 1.19 bits per heavy atom. The largest absolute Gasteiger partial charge is 0.493 e. The molecule has 1 saturated heterocycles. The van der Waals surface area contributed by atoms with Crippen LogP contribution in [0.15, 0.2) is 30.9 Å². The Bertz CT molecular complexity index is 1060. The first-order valence-corrected chi connectivity index (χ1v) is 10.4. The molecule has 1 unspecified atom stereocenters. The predicted octanol–water partition coefficient (Wildman–Crippen LogP) is 2.47. The van der Waals surface area contributed by atoms with Crippen LogP contribution in [0.4, 0.5) is 5.69 Å². The van der Waals surface area contributed by atoms with Gasteiger partial charge in [-0.15, -0.1) is 0 Å². The van der Waals surface area contributed by atoms with Crippen LogP contribution in [0.1, 0.15) is 31.4 Å². The number of likely N-dealkylation sites (tertiary alicyclic amines) is 1. The number of ether oxygens (including phenoxy) is 2. The van der Waals surface area contributed by atoms with Gasteiger partial charge in [-0.25, -0.2) is 4.98 Å². The minimum absolute atomic E-state index is 0.144. The highest BCUT2D eigenvalue weighted by Gasteiger charge is 2.28. The van der Waals surface area contributed by atoms with Gasteiger partial charge in [-0.1, -0.05) is 6.92 Å².